The summed E-state index contributed by atoms with van der Waals surface area (Å²) in [5, 5.41) is 3.10. The minimum atomic E-state index is 0.110. The summed E-state index contributed by atoms with van der Waals surface area (Å²) in [6.07, 6.45) is 4.90. The maximum atomic E-state index is 6.20. The van der Waals surface area contributed by atoms with Crippen molar-refractivity contribution in [1.82, 2.24) is 5.32 Å². The minimum Gasteiger partial charge on any atom is -0.493 e. The molecule has 1 fully saturated rings. The second-order valence-electron chi connectivity index (χ2n) is 6.18. The molecule has 0 spiro atoms. The predicted molar refractivity (Wildman–Crippen MR) is 95.7 cm³/mol. The molecule has 1 aromatic carbocycles. The molecule has 1 saturated carbocycles. The highest BCUT2D eigenvalue weighted by molar-refractivity contribution is 5.78. The van der Waals surface area contributed by atoms with Crippen molar-refractivity contribution in [2.75, 3.05) is 20.8 Å². The van der Waals surface area contributed by atoms with Gasteiger partial charge in [-0.3, -0.25) is 0 Å². The second-order valence-corrected chi connectivity index (χ2v) is 6.18. The summed E-state index contributed by atoms with van der Waals surface area (Å²) in [7, 11) is 3.32. The second kappa shape index (κ2) is 9.37. The number of ether oxygens (including phenoxy) is 3. The zero-order valence-corrected chi connectivity index (χ0v) is 14.9. The van der Waals surface area contributed by atoms with Gasteiger partial charge in [0.15, 0.2) is 17.5 Å². The van der Waals surface area contributed by atoms with Gasteiger partial charge in [0.2, 0.25) is 0 Å². The quantitative estimate of drug-likeness (QED) is 0.563. The molecule has 0 aliphatic heterocycles. The van der Waals surface area contributed by atoms with Crippen LogP contribution in [0.25, 0.3) is 0 Å². The third-order valence-electron chi connectivity index (χ3n) is 4.10. The van der Waals surface area contributed by atoms with Crippen molar-refractivity contribution in [2.45, 2.75) is 51.3 Å². The van der Waals surface area contributed by atoms with Crippen molar-refractivity contribution in [3.63, 3.8) is 0 Å². The Morgan fingerprint density at radius 3 is 2.75 bits per heavy atom. The van der Waals surface area contributed by atoms with Gasteiger partial charge in [0, 0.05) is 18.7 Å². The third-order valence-corrected chi connectivity index (χ3v) is 4.10. The fourth-order valence-electron chi connectivity index (χ4n) is 2.91. The smallest absolute Gasteiger partial charge is 0.189 e. The Balaban J connectivity index is 2.07. The molecule has 0 aromatic heterocycles. The lowest BCUT2D eigenvalue weighted by Gasteiger charge is -2.19. The van der Waals surface area contributed by atoms with E-state index in [2.05, 4.69) is 10.3 Å². The molecular formula is C18H29N3O3. The Morgan fingerprint density at radius 1 is 1.33 bits per heavy atom. The van der Waals surface area contributed by atoms with E-state index >= 15 is 0 Å². The number of nitrogens with one attached hydrogen (secondary N) is 1. The molecule has 1 unspecified atom stereocenters. The fraction of sp³-hybridized carbons (Fsp3) is 0.611. The lowest BCUT2D eigenvalue weighted by molar-refractivity contribution is 0.179. The molecule has 6 nitrogen and oxygen atoms in total. The lowest BCUT2D eigenvalue weighted by atomic mass is 10.1. The van der Waals surface area contributed by atoms with Crippen LogP contribution in [0, 0.1) is 0 Å². The van der Waals surface area contributed by atoms with Crippen molar-refractivity contribution >= 4 is 5.96 Å². The van der Waals surface area contributed by atoms with E-state index in [4.69, 9.17) is 19.9 Å². The van der Waals surface area contributed by atoms with Gasteiger partial charge in [-0.1, -0.05) is 12.1 Å². The molecule has 3 N–H and O–H groups in total. The summed E-state index contributed by atoms with van der Waals surface area (Å²) in [6, 6.07) is 5.97. The highest BCUT2D eigenvalue weighted by Gasteiger charge is 2.20. The van der Waals surface area contributed by atoms with E-state index in [1.54, 1.807) is 14.2 Å². The van der Waals surface area contributed by atoms with Crippen molar-refractivity contribution < 1.29 is 14.2 Å². The number of methoxy groups -OCH3 is 2. The Hall–Kier alpha value is -1.95. The van der Waals surface area contributed by atoms with Gasteiger partial charge in [-0.2, -0.15) is 0 Å². The molecule has 0 amide bonds. The topological polar surface area (TPSA) is 78.1 Å². The molecule has 1 atom stereocenters. The third kappa shape index (κ3) is 5.30. The first-order valence-corrected chi connectivity index (χ1v) is 8.52. The molecule has 6 heteroatoms. The van der Waals surface area contributed by atoms with Crippen LogP contribution in [0.15, 0.2) is 23.2 Å². The standard InChI is InChI=1S/C18H29N3O3/c1-13(12-22-2)21-18(19)20-11-14-7-6-10-16(23-3)17(14)24-15-8-4-5-9-15/h6-7,10,13,15H,4-5,8-9,11-12H2,1-3H3,(H3,19,20,21). The van der Waals surface area contributed by atoms with Gasteiger partial charge in [-0.25, -0.2) is 4.99 Å². The minimum absolute atomic E-state index is 0.110. The summed E-state index contributed by atoms with van der Waals surface area (Å²) >= 11 is 0. The maximum absolute atomic E-state index is 6.20. The highest BCUT2D eigenvalue weighted by atomic mass is 16.5. The number of para-hydroxylation sites is 1. The van der Waals surface area contributed by atoms with Crippen LogP contribution in [-0.2, 0) is 11.3 Å². The number of nitrogens with zero attached hydrogens (tertiary/aromatic N) is 1. The van der Waals surface area contributed by atoms with Crippen LogP contribution in [0.3, 0.4) is 0 Å². The average Bonchev–Trinajstić information content (AvgIpc) is 3.07. The molecule has 24 heavy (non-hydrogen) atoms. The number of aliphatic imine (C=N–C) groups is 1. The van der Waals surface area contributed by atoms with Crippen molar-refractivity contribution in [3.05, 3.63) is 23.8 Å². The summed E-state index contributed by atoms with van der Waals surface area (Å²) < 4.78 is 16.7. The van der Waals surface area contributed by atoms with Gasteiger partial charge in [0.1, 0.15) is 0 Å². The molecule has 1 aliphatic rings. The Kier molecular flexibility index (Phi) is 7.18. The maximum Gasteiger partial charge on any atom is 0.189 e. The molecule has 2 rings (SSSR count). The zero-order valence-electron chi connectivity index (χ0n) is 14.9. The first kappa shape index (κ1) is 18.4. The first-order valence-electron chi connectivity index (χ1n) is 8.52. The first-order chi connectivity index (χ1) is 11.6. The molecule has 0 heterocycles. The van der Waals surface area contributed by atoms with Gasteiger partial charge in [0.25, 0.3) is 0 Å². The van der Waals surface area contributed by atoms with Crippen LogP contribution < -0.4 is 20.5 Å². The van der Waals surface area contributed by atoms with Crippen LogP contribution in [0.1, 0.15) is 38.2 Å². The van der Waals surface area contributed by atoms with E-state index in [0.29, 0.717) is 19.1 Å². The molecule has 134 valence electrons. The number of hydrogen-bond donors (Lipinski definition) is 2. The molecule has 0 bridgehead atoms. The number of guanidine groups is 1. The number of hydrogen-bond acceptors (Lipinski definition) is 4. The van der Waals surface area contributed by atoms with Gasteiger partial charge in [-0.05, 0) is 38.7 Å². The van der Waals surface area contributed by atoms with Gasteiger partial charge in [0.05, 0.1) is 26.4 Å². The monoisotopic (exact) mass is 335 g/mol. The predicted octanol–water partition coefficient (Wildman–Crippen LogP) is 2.46. The summed E-state index contributed by atoms with van der Waals surface area (Å²) in [5.41, 5.74) is 6.93. The van der Waals surface area contributed by atoms with Crippen molar-refractivity contribution in [2.24, 2.45) is 10.7 Å². The summed E-state index contributed by atoms with van der Waals surface area (Å²) in [6.45, 7) is 3.01. The lowest BCUT2D eigenvalue weighted by Crippen LogP contribution is -2.40. The highest BCUT2D eigenvalue weighted by Crippen LogP contribution is 2.35. The van der Waals surface area contributed by atoms with Gasteiger partial charge >= 0.3 is 0 Å². The van der Waals surface area contributed by atoms with E-state index in [1.807, 2.05) is 25.1 Å². The normalized spacial score (nSPS) is 16.9. The molecule has 0 radical (unpaired) electrons. The van der Waals surface area contributed by atoms with Crippen molar-refractivity contribution in [1.29, 1.82) is 0 Å². The van der Waals surface area contributed by atoms with E-state index in [9.17, 15) is 0 Å². The van der Waals surface area contributed by atoms with Crippen LogP contribution in [-0.4, -0.2) is 38.9 Å². The fourth-order valence-corrected chi connectivity index (χ4v) is 2.91. The zero-order chi connectivity index (χ0) is 17.4. The van der Waals surface area contributed by atoms with Crippen LogP contribution >= 0.6 is 0 Å². The molecule has 0 saturated heterocycles. The van der Waals surface area contributed by atoms with Gasteiger partial charge in [-0.15, -0.1) is 0 Å². The van der Waals surface area contributed by atoms with Gasteiger partial charge < -0.3 is 25.3 Å². The molecule has 1 aliphatic carbocycles. The van der Waals surface area contributed by atoms with Crippen LogP contribution in [0.4, 0.5) is 0 Å². The van der Waals surface area contributed by atoms with Crippen LogP contribution in [0.2, 0.25) is 0 Å². The molecular weight excluding hydrogens is 306 g/mol. The van der Waals surface area contributed by atoms with Crippen molar-refractivity contribution in [3.8, 4) is 11.5 Å². The average molecular weight is 335 g/mol. The molecule has 1 aromatic rings. The number of nitrogens with two attached hydrogens (primary N) is 1. The Bertz CT molecular complexity index is 542. The Morgan fingerprint density at radius 2 is 2.08 bits per heavy atom. The van der Waals surface area contributed by atoms with E-state index in [1.165, 1.54) is 12.8 Å². The van der Waals surface area contributed by atoms with E-state index in [-0.39, 0.29) is 12.1 Å². The summed E-state index contributed by atoms with van der Waals surface area (Å²) in [4.78, 5) is 4.42. The number of benzene rings is 1. The number of rotatable bonds is 8. The van der Waals surface area contributed by atoms with E-state index in [0.717, 1.165) is 29.9 Å². The summed E-state index contributed by atoms with van der Waals surface area (Å²) in [5.74, 6) is 1.93. The van der Waals surface area contributed by atoms with E-state index < -0.39 is 0 Å². The SMILES string of the molecule is COCC(C)NC(N)=NCc1cccc(OC)c1OC1CCCC1. The van der Waals surface area contributed by atoms with Crippen LogP contribution in [0.5, 0.6) is 11.5 Å². The largest absolute Gasteiger partial charge is 0.493 e. The Labute approximate surface area is 144 Å².